The van der Waals surface area contributed by atoms with E-state index in [9.17, 15) is 18.0 Å². The summed E-state index contributed by atoms with van der Waals surface area (Å²) in [5, 5.41) is 0. The lowest BCUT2D eigenvalue weighted by Gasteiger charge is -2.37. The molecule has 118 valence electrons. The number of piperidine rings is 2. The molecule has 0 aliphatic carbocycles. The maximum atomic E-state index is 12.7. The van der Waals surface area contributed by atoms with Gasteiger partial charge >= 0.3 is 11.9 Å². The maximum Gasteiger partial charge on any atom is 0.318 e. The van der Waals surface area contributed by atoms with E-state index >= 15 is 0 Å². The van der Waals surface area contributed by atoms with Gasteiger partial charge in [0.15, 0.2) is 0 Å². The van der Waals surface area contributed by atoms with Crippen molar-refractivity contribution in [1.82, 2.24) is 8.61 Å². The molecule has 3 rings (SSSR count). The molecule has 21 heavy (non-hydrogen) atoms. The molecule has 3 atom stereocenters. The molecular weight excluding hydrogens is 296 g/mol. The number of hydrogen-bond donors (Lipinski definition) is 0. The van der Waals surface area contributed by atoms with Gasteiger partial charge in [-0.05, 0) is 25.2 Å². The van der Waals surface area contributed by atoms with Crippen LogP contribution in [0.5, 0.6) is 0 Å². The number of rotatable bonds is 2. The summed E-state index contributed by atoms with van der Waals surface area (Å²) in [4.78, 5) is 23.1. The number of esters is 2. The third kappa shape index (κ3) is 2.60. The summed E-state index contributed by atoms with van der Waals surface area (Å²) < 4.78 is 32.8. The van der Waals surface area contributed by atoms with Gasteiger partial charge in [-0.1, -0.05) is 6.92 Å². The van der Waals surface area contributed by atoms with Gasteiger partial charge in [0.2, 0.25) is 0 Å². The minimum absolute atomic E-state index is 0.0580. The molecule has 3 saturated heterocycles. The number of carbonyl (C=O) groups excluding carboxylic acids is 2. The maximum absolute atomic E-state index is 12.7. The third-order valence-corrected chi connectivity index (χ3v) is 6.62. The van der Waals surface area contributed by atoms with Crippen LogP contribution in [0.1, 0.15) is 26.2 Å². The highest BCUT2D eigenvalue weighted by Gasteiger charge is 2.50. The molecule has 3 unspecified atom stereocenters. The fourth-order valence-electron chi connectivity index (χ4n) is 3.42. The molecule has 0 radical (unpaired) electrons. The average Bonchev–Trinajstić information content (AvgIpc) is 2.74. The topological polar surface area (TPSA) is 84.0 Å². The van der Waals surface area contributed by atoms with Crippen molar-refractivity contribution in [3.8, 4) is 0 Å². The van der Waals surface area contributed by atoms with Gasteiger partial charge in [-0.2, -0.15) is 17.0 Å². The predicted octanol–water partition coefficient (Wildman–Crippen LogP) is -0.0154. The SMILES string of the molecule is CC1CCCN(S(=O)(=O)N2CCC3C(=O)OC(=O)C3C2)C1. The van der Waals surface area contributed by atoms with E-state index in [1.54, 1.807) is 0 Å². The van der Waals surface area contributed by atoms with Crippen molar-refractivity contribution in [3.63, 3.8) is 0 Å². The van der Waals surface area contributed by atoms with Crippen LogP contribution in [0.4, 0.5) is 0 Å². The minimum Gasteiger partial charge on any atom is -0.393 e. The van der Waals surface area contributed by atoms with Gasteiger partial charge in [0.1, 0.15) is 0 Å². The Balaban J connectivity index is 1.75. The Hall–Kier alpha value is -0.990. The highest BCUT2D eigenvalue weighted by molar-refractivity contribution is 7.86. The molecule has 3 aliphatic rings. The Morgan fingerprint density at radius 2 is 1.67 bits per heavy atom. The number of carbonyl (C=O) groups is 2. The molecule has 0 aromatic carbocycles. The molecule has 7 nitrogen and oxygen atoms in total. The fraction of sp³-hybridized carbons (Fsp3) is 0.846. The van der Waals surface area contributed by atoms with Crippen molar-refractivity contribution in [2.75, 3.05) is 26.2 Å². The molecule has 0 aromatic heterocycles. The molecule has 3 fully saturated rings. The van der Waals surface area contributed by atoms with Crippen LogP contribution in [0.25, 0.3) is 0 Å². The predicted molar refractivity (Wildman–Crippen MR) is 73.2 cm³/mol. The summed E-state index contributed by atoms with van der Waals surface area (Å²) in [7, 11) is -3.55. The minimum atomic E-state index is -3.55. The van der Waals surface area contributed by atoms with Crippen molar-refractivity contribution < 1.29 is 22.7 Å². The fourth-order valence-corrected chi connectivity index (χ4v) is 5.24. The van der Waals surface area contributed by atoms with Crippen molar-refractivity contribution in [2.24, 2.45) is 17.8 Å². The zero-order chi connectivity index (χ0) is 15.2. The van der Waals surface area contributed by atoms with E-state index in [-0.39, 0.29) is 13.1 Å². The van der Waals surface area contributed by atoms with Crippen LogP contribution in [-0.4, -0.2) is 55.1 Å². The molecule has 0 bridgehead atoms. The largest absolute Gasteiger partial charge is 0.393 e. The first-order valence-electron chi connectivity index (χ1n) is 7.40. The second-order valence-electron chi connectivity index (χ2n) is 6.21. The van der Waals surface area contributed by atoms with Gasteiger partial charge in [0, 0.05) is 26.2 Å². The van der Waals surface area contributed by atoms with E-state index < -0.39 is 34.0 Å². The molecule has 0 amide bonds. The summed E-state index contributed by atoms with van der Waals surface area (Å²) in [5.74, 6) is -1.85. The lowest BCUT2D eigenvalue weighted by molar-refractivity contribution is -0.153. The standard InChI is InChI=1S/C13H20N2O5S/c1-9-3-2-5-14(7-9)21(18,19)15-6-4-10-11(8-15)13(17)20-12(10)16/h9-11H,2-8H2,1H3. The van der Waals surface area contributed by atoms with E-state index in [0.29, 0.717) is 25.4 Å². The summed E-state index contributed by atoms with van der Waals surface area (Å²) in [6.07, 6.45) is 2.26. The number of hydrogen-bond acceptors (Lipinski definition) is 5. The number of ether oxygens (including phenoxy) is 1. The molecule has 0 spiro atoms. The first-order valence-corrected chi connectivity index (χ1v) is 8.80. The van der Waals surface area contributed by atoms with Crippen molar-refractivity contribution in [1.29, 1.82) is 0 Å². The summed E-state index contributed by atoms with van der Waals surface area (Å²) in [5.41, 5.74) is 0. The van der Waals surface area contributed by atoms with Crippen LogP contribution in [0.2, 0.25) is 0 Å². The Bertz CT molecular complexity index is 561. The smallest absolute Gasteiger partial charge is 0.318 e. The van der Waals surface area contributed by atoms with Crippen LogP contribution in [0, 0.1) is 17.8 Å². The van der Waals surface area contributed by atoms with Gasteiger partial charge in [-0.3, -0.25) is 9.59 Å². The van der Waals surface area contributed by atoms with Crippen molar-refractivity contribution in [2.45, 2.75) is 26.2 Å². The Morgan fingerprint density at radius 1 is 1.00 bits per heavy atom. The average molecular weight is 316 g/mol. The van der Waals surface area contributed by atoms with E-state index in [2.05, 4.69) is 4.74 Å². The second kappa shape index (κ2) is 5.33. The Kier molecular flexibility index (Phi) is 3.79. The van der Waals surface area contributed by atoms with E-state index in [1.807, 2.05) is 6.92 Å². The molecule has 0 N–H and O–H groups in total. The van der Waals surface area contributed by atoms with Crippen molar-refractivity contribution in [3.05, 3.63) is 0 Å². The van der Waals surface area contributed by atoms with Crippen LogP contribution >= 0.6 is 0 Å². The molecule has 0 aromatic rings. The Labute approximate surface area is 124 Å². The second-order valence-corrected chi connectivity index (χ2v) is 8.14. The van der Waals surface area contributed by atoms with E-state index in [1.165, 1.54) is 8.61 Å². The van der Waals surface area contributed by atoms with Gasteiger partial charge in [-0.25, -0.2) is 0 Å². The van der Waals surface area contributed by atoms with Crippen LogP contribution in [0.3, 0.4) is 0 Å². The first-order chi connectivity index (χ1) is 9.89. The lowest BCUT2D eigenvalue weighted by Crippen LogP contribution is -2.52. The summed E-state index contributed by atoms with van der Waals surface area (Å²) in [6, 6.07) is 0. The number of cyclic esters (lactones) is 2. The zero-order valence-electron chi connectivity index (χ0n) is 12.0. The van der Waals surface area contributed by atoms with Gasteiger partial charge in [0.25, 0.3) is 10.2 Å². The van der Waals surface area contributed by atoms with Crippen molar-refractivity contribution >= 4 is 22.1 Å². The quantitative estimate of drug-likeness (QED) is 0.528. The normalized spacial score (nSPS) is 35.6. The summed E-state index contributed by atoms with van der Waals surface area (Å²) >= 11 is 0. The molecule has 0 saturated carbocycles. The van der Waals surface area contributed by atoms with E-state index in [0.717, 1.165) is 12.8 Å². The van der Waals surface area contributed by atoms with Gasteiger partial charge < -0.3 is 4.74 Å². The monoisotopic (exact) mass is 316 g/mol. The number of nitrogens with zero attached hydrogens (tertiary/aromatic N) is 2. The van der Waals surface area contributed by atoms with Crippen LogP contribution < -0.4 is 0 Å². The highest BCUT2D eigenvalue weighted by atomic mass is 32.2. The molecule has 3 aliphatic heterocycles. The molecule has 3 heterocycles. The van der Waals surface area contributed by atoms with Gasteiger partial charge in [0.05, 0.1) is 11.8 Å². The third-order valence-electron chi connectivity index (χ3n) is 4.65. The van der Waals surface area contributed by atoms with Crippen LogP contribution in [0.15, 0.2) is 0 Å². The number of fused-ring (bicyclic) bond motifs is 1. The highest BCUT2D eigenvalue weighted by Crippen LogP contribution is 2.33. The van der Waals surface area contributed by atoms with E-state index in [4.69, 9.17) is 0 Å². The Morgan fingerprint density at radius 3 is 2.38 bits per heavy atom. The molecule has 8 heteroatoms. The lowest BCUT2D eigenvalue weighted by atomic mass is 9.89. The van der Waals surface area contributed by atoms with Gasteiger partial charge in [-0.15, -0.1) is 0 Å². The first kappa shape index (κ1) is 14.9. The molecular formula is C13H20N2O5S. The summed E-state index contributed by atoms with van der Waals surface area (Å²) in [6.45, 7) is 3.43. The zero-order valence-corrected chi connectivity index (χ0v) is 12.8. The van der Waals surface area contributed by atoms with Crippen LogP contribution in [-0.2, 0) is 24.5 Å².